The molecule has 1 aliphatic rings. The Morgan fingerprint density at radius 1 is 1.61 bits per heavy atom. The summed E-state index contributed by atoms with van der Waals surface area (Å²) in [6.07, 6.45) is 2.45. The number of rotatable bonds is 4. The first-order valence-electron chi connectivity index (χ1n) is 6.30. The average Bonchev–Trinajstić information content (AvgIpc) is 2.97. The number of hydrogen-bond acceptors (Lipinski definition) is 5. The van der Waals surface area contributed by atoms with Crippen LogP contribution in [0.5, 0.6) is 0 Å². The highest BCUT2D eigenvalue weighted by molar-refractivity contribution is 5.72. The van der Waals surface area contributed by atoms with Crippen LogP contribution in [-0.4, -0.2) is 45.8 Å². The van der Waals surface area contributed by atoms with Crippen LogP contribution in [0.3, 0.4) is 0 Å². The van der Waals surface area contributed by atoms with Crippen molar-refractivity contribution in [3.05, 3.63) is 12.2 Å². The summed E-state index contributed by atoms with van der Waals surface area (Å²) < 4.78 is 6.70. The van der Waals surface area contributed by atoms with Crippen LogP contribution in [0.4, 0.5) is 0 Å². The van der Waals surface area contributed by atoms with E-state index >= 15 is 0 Å². The van der Waals surface area contributed by atoms with E-state index in [2.05, 4.69) is 28.8 Å². The van der Waals surface area contributed by atoms with Crippen LogP contribution in [-0.2, 0) is 16.1 Å². The molecule has 1 aromatic rings. The van der Waals surface area contributed by atoms with Gasteiger partial charge in [0.05, 0.1) is 19.6 Å². The van der Waals surface area contributed by atoms with Crippen molar-refractivity contribution in [2.45, 2.75) is 32.9 Å². The molecule has 0 amide bonds. The molecule has 1 aliphatic heterocycles. The first kappa shape index (κ1) is 13.0. The third-order valence-electron chi connectivity index (χ3n) is 3.31. The highest BCUT2D eigenvalue weighted by Gasteiger charge is 2.29. The predicted molar refractivity (Wildman–Crippen MR) is 65.8 cm³/mol. The van der Waals surface area contributed by atoms with Gasteiger partial charge in [-0.05, 0) is 26.8 Å². The Labute approximate surface area is 107 Å². The lowest BCUT2D eigenvalue weighted by Crippen LogP contribution is -2.25. The minimum Gasteiger partial charge on any atom is -0.469 e. The van der Waals surface area contributed by atoms with Crippen molar-refractivity contribution in [2.75, 3.05) is 20.2 Å². The highest BCUT2D eigenvalue weighted by Crippen LogP contribution is 2.19. The lowest BCUT2D eigenvalue weighted by atomic mass is 10.1. The molecule has 1 fully saturated rings. The van der Waals surface area contributed by atoms with E-state index in [1.165, 1.54) is 7.11 Å². The molecule has 2 heterocycles. The number of likely N-dealkylation sites (tertiary alicyclic amines) is 1. The number of hydrogen-bond donors (Lipinski definition) is 0. The van der Waals surface area contributed by atoms with E-state index in [-0.39, 0.29) is 11.9 Å². The summed E-state index contributed by atoms with van der Waals surface area (Å²) in [5, 5.41) is 4.22. The fourth-order valence-electron chi connectivity index (χ4n) is 2.35. The van der Waals surface area contributed by atoms with Gasteiger partial charge in [-0.1, -0.05) is 0 Å². The maximum Gasteiger partial charge on any atom is 0.310 e. The zero-order valence-corrected chi connectivity index (χ0v) is 11.2. The molecular weight excluding hydrogens is 232 g/mol. The van der Waals surface area contributed by atoms with E-state index in [0.717, 1.165) is 31.9 Å². The Balaban J connectivity index is 1.95. The van der Waals surface area contributed by atoms with Gasteiger partial charge in [0.15, 0.2) is 0 Å². The molecule has 0 N–H and O–H groups in total. The molecule has 0 radical (unpaired) electrons. The normalized spacial score (nSPS) is 20.6. The van der Waals surface area contributed by atoms with Crippen LogP contribution in [0.15, 0.2) is 6.33 Å². The molecule has 1 aromatic heterocycles. The summed E-state index contributed by atoms with van der Waals surface area (Å²) >= 11 is 0. The Bertz CT molecular complexity index is 416. The Hall–Kier alpha value is -1.43. The zero-order chi connectivity index (χ0) is 13.1. The molecule has 1 atom stereocenters. The number of ether oxygens (including phenoxy) is 1. The lowest BCUT2D eigenvalue weighted by Gasteiger charge is -2.16. The molecule has 100 valence electrons. The van der Waals surface area contributed by atoms with Crippen molar-refractivity contribution in [1.82, 2.24) is 19.7 Å². The first-order valence-corrected chi connectivity index (χ1v) is 6.30. The van der Waals surface area contributed by atoms with Gasteiger partial charge in [0, 0.05) is 12.6 Å². The number of aromatic nitrogens is 3. The average molecular weight is 252 g/mol. The molecule has 6 nitrogen and oxygen atoms in total. The Kier molecular flexibility index (Phi) is 3.96. The van der Waals surface area contributed by atoms with Crippen molar-refractivity contribution in [1.29, 1.82) is 0 Å². The van der Waals surface area contributed by atoms with Crippen LogP contribution in [0, 0.1) is 5.92 Å². The monoisotopic (exact) mass is 252 g/mol. The summed E-state index contributed by atoms with van der Waals surface area (Å²) in [6.45, 7) is 6.56. The smallest absolute Gasteiger partial charge is 0.310 e. The van der Waals surface area contributed by atoms with E-state index in [1.807, 2.05) is 4.68 Å². The first-order chi connectivity index (χ1) is 8.61. The molecule has 0 aliphatic carbocycles. The van der Waals surface area contributed by atoms with Crippen LogP contribution < -0.4 is 0 Å². The maximum absolute atomic E-state index is 11.5. The fourth-order valence-corrected chi connectivity index (χ4v) is 2.35. The van der Waals surface area contributed by atoms with Crippen molar-refractivity contribution in [2.24, 2.45) is 5.92 Å². The van der Waals surface area contributed by atoms with E-state index in [1.54, 1.807) is 6.33 Å². The maximum atomic E-state index is 11.5. The molecule has 6 heteroatoms. The van der Waals surface area contributed by atoms with E-state index < -0.39 is 0 Å². The van der Waals surface area contributed by atoms with Crippen molar-refractivity contribution < 1.29 is 9.53 Å². The van der Waals surface area contributed by atoms with Gasteiger partial charge in [-0.2, -0.15) is 5.10 Å². The SMILES string of the molecule is COC(=O)C1CCN(Cc2ncnn2C(C)C)C1. The van der Waals surface area contributed by atoms with Gasteiger partial charge >= 0.3 is 5.97 Å². The molecule has 0 bridgehead atoms. The van der Waals surface area contributed by atoms with Gasteiger partial charge in [0.1, 0.15) is 12.2 Å². The molecular formula is C12H20N4O2. The number of carbonyl (C=O) groups excluding carboxylic acids is 1. The van der Waals surface area contributed by atoms with E-state index in [9.17, 15) is 4.79 Å². The Morgan fingerprint density at radius 2 is 2.39 bits per heavy atom. The van der Waals surface area contributed by atoms with Crippen molar-refractivity contribution in [3.63, 3.8) is 0 Å². The second kappa shape index (κ2) is 5.48. The van der Waals surface area contributed by atoms with Gasteiger partial charge in [0.2, 0.25) is 0 Å². The van der Waals surface area contributed by atoms with E-state index in [0.29, 0.717) is 6.04 Å². The number of nitrogens with zero attached hydrogens (tertiary/aromatic N) is 4. The van der Waals surface area contributed by atoms with Gasteiger partial charge in [-0.25, -0.2) is 9.67 Å². The van der Waals surface area contributed by atoms with Crippen LogP contribution >= 0.6 is 0 Å². The number of methoxy groups -OCH3 is 1. The molecule has 1 unspecified atom stereocenters. The molecule has 0 aromatic carbocycles. The molecule has 0 spiro atoms. The van der Waals surface area contributed by atoms with E-state index in [4.69, 9.17) is 4.74 Å². The molecule has 18 heavy (non-hydrogen) atoms. The largest absolute Gasteiger partial charge is 0.469 e. The second-order valence-electron chi connectivity index (χ2n) is 4.96. The van der Waals surface area contributed by atoms with Gasteiger partial charge in [-0.15, -0.1) is 0 Å². The third-order valence-corrected chi connectivity index (χ3v) is 3.31. The zero-order valence-electron chi connectivity index (χ0n) is 11.2. The summed E-state index contributed by atoms with van der Waals surface area (Å²) in [5.74, 6) is 0.851. The quantitative estimate of drug-likeness (QED) is 0.744. The standard InChI is InChI=1S/C12H20N4O2/c1-9(2)16-11(13-8-14-16)7-15-5-4-10(6-15)12(17)18-3/h8-10H,4-7H2,1-3H3. The van der Waals surface area contributed by atoms with Gasteiger partial charge in [-0.3, -0.25) is 9.69 Å². The van der Waals surface area contributed by atoms with Crippen LogP contribution in [0.1, 0.15) is 32.1 Å². The van der Waals surface area contributed by atoms with Crippen molar-refractivity contribution >= 4 is 5.97 Å². The highest BCUT2D eigenvalue weighted by atomic mass is 16.5. The van der Waals surface area contributed by atoms with Crippen LogP contribution in [0.2, 0.25) is 0 Å². The third kappa shape index (κ3) is 2.69. The minimum absolute atomic E-state index is 0.00502. The fraction of sp³-hybridized carbons (Fsp3) is 0.750. The second-order valence-corrected chi connectivity index (χ2v) is 4.96. The van der Waals surface area contributed by atoms with Crippen molar-refractivity contribution in [3.8, 4) is 0 Å². The van der Waals surface area contributed by atoms with Gasteiger partial charge in [0.25, 0.3) is 0 Å². The topological polar surface area (TPSA) is 60.2 Å². The summed E-state index contributed by atoms with van der Waals surface area (Å²) in [7, 11) is 1.44. The molecule has 2 rings (SSSR count). The van der Waals surface area contributed by atoms with Crippen LogP contribution in [0.25, 0.3) is 0 Å². The lowest BCUT2D eigenvalue weighted by molar-refractivity contribution is -0.144. The summed E-state index contributed by atoms with van der Waals surface area (Å²) in [6, 6.07) is 0.307. The molecule has 0 saturated carbocycles. The van der Waals surface area contributed by atoms with Gasteiger partial charge < -0.3 is 4.74 Å². The summed E-state index contributed by atoms with van der Waals surface area (Å²) in [5.41, 5.74) is 0. The number of esters is 1. The minimum atomic E-state index is -0.108. The molecule has 1 saturated heterocycles. The number of carbonyl (C=O) groups is 1. The predicted octanol–water partition coefficient (Wildman–Crippen LogP) is 0.854. The Morgan fingerprint density at radius 3 is 3.06 bits per heavy atom. The summed E-state index contributed by atoms with van der Waals surface area (Å²) in [4.78, 5) is 18.0.